The Kier molecular flexibility index (Phi) is 3.35. The minimum atomic E-state index is -0.112. The minimum Gasteiger partial charge on any atom is -0.439 e. The van der Waals surface area contributed by atoms with Crippen LogP contribution in [0.1, 0.15) is 18.5 Å². The third-order valence-electron chi connectivity index (χ3n) is 3.23. The molecule has 2 aromatic carbocycles. The fourth-order valence-electron chi connectivity index (χ4n) is 2.18. The smallest absolute Gasteiger partial charge is 0.223 e. The van der Waals surface area contributed by atoms with Crippen LogP contribution in [0.3, 0.4) is 0 Å². The predicted octanol–water partition coefficient (Wildman–Crippen LogP) is 4.05. The SMILES string of the molecule is C[C@@H](N)c1cccnc1Oc1ccc2ccccc2c1. The molecule has 0 bridgehead atoms. The second-order valence-corrected chi connectivity index (χ2v) is 4.80. The summed E-state index contributed by atoms with van der Waals surface area (Å²) in [6, 6.07) is 17.9. The van der Waals surface area contributed by atoms with Crippen LogP contribution in [0.2, 0.25) is 0 Å². The van der Waals surface area contributed by atoms with E-state index in [1.165, 1.54) is 5.39 Å². The first-order chi connectivity index (χ1) is 9.74. The fraction of sp³-hybridized carbons (Fsp3) is 0.118. The highest BCUT2D eigenvalue weighted by molar-refractivity contribution is 5.83. The van der Waals surface area contributed by atoms with Gasteiger partial charge in [-0.1, -0.05) is 36.4 Å². The maximum absolute atomic E-state index is 5.94. The molecule has 0 unspecified atom stereocenters. The summed E-state index contributed by atoms with van der Waals surface area (Å²) in [5, 5.41) is 2.33. The van der Waals surface area contributed by atoms with Crippen LogP contribution < -0.4 is 10.5 Å². The number of benzene rings is 2. The van der Waals surface area contributed by atoms with E-state index in [0.717, 1.165) is 16.7 Å². The lowest BCUT2D eigenvalue weighted by Crippen LogP contribution is -2.07. The van der Waals surface area contributed by atoms with Crippen LogP contribution in [0.15, 0.2) is 60.8 Å². The van der Waals surface area contributed by atoms with Crippen molar-refractivity contribution in [2.24, 2.45) is 5.73 Å². The first-order valence-electron chi connectivity index (χ1n) is 6.61. The summed E-state index contributed by atoms with van der Waals surface area (Å²) in [6.07, 6.45) is 1.71. The van der Waals surface area contributed by atoms with Gasteiger partial charge in [0.1, 0.15) is 5.75 Å². The number of nitrogens with zero attached hydrogens (tertiary/aromatic N) is 1. The van der Waals surface area contributed by atoms with Gasteiger partial charge >= 0.3 is 0 Å². The molecule has 3 nitrogen and oxygen atoms in total. The molecule has 0 fully saturated rings. The monoisotopic (exact) mass is 264 g/mol. The van der Waals surface area contributed by atoms with Crippen LogP contribution in [0, 0.1) is 0 Å². The molecule has 1 heterocycles. The number of nitrogens with two attached hydrogens (primary N) is 1. The lowest BCUT2D eigenvalue weighted by atomic mass is 10.1. The Labute approximate surface area is 118 Å². The first-order valence-corrected chi connectivity index (χ1v) is 6.61. The Hall–Kier alpha value is -2.39. The lowest BCUT2D eigenvalue weighted by molar-refractivity contribution is 0.453. The van der Waals surface area contributed by atoms with Crippen LogP contribution in [0.25, 0.3) is 10.8 Å². The Morgan fingerprint density at radius 2 is 1.80 bits per heavy atom. The van der Waals surface area contributed by atoms with Crippen molar-refractivity contribution in [3.05, 3.63) is 66.4 Å². The van der Waals surface area contributed by atoms with E-state index in [-0.39, 0.29) is 6.04 Å². The van der Waals surface area contributed by atoms with Crippen molar-refractivity contribution in [1.29, 1.82) is 0 Å². The number of fused-ring (bicyclic) bond motifs is 1. The van der Waals surface area contributed by atoms with E-state index in [4.69, 9.17) is 10.5 Å². The summed E-state index contributed by atoms with van der Waals surface area (Å²) in [7, 11) is 0. The lowest BCUT2D eigenvalue weighted by Gasteiger charge is -2.12. The zero-order chi connectivity index (χ0) is 13.9. The van der Waals surface area contributed by atoms with E-state index in [9.17, 15) is 0 Å². The maximum Gasteiger partial charge on any atom is 0.223 e. The summed E-state index contributed by atoms with van der Waals surface area (Å²) >= 11 is 0. The topological polar surface area (TPSA) is 48.1 Å². The molecule has 20 heavy (non-hydrogen) atoms. The third-order valence-corrected chi connectivity index (χ3v) is 3.23. The van der Waals surface area contributed by atoms with Crippen molar-refractivity contribution < 1.29 is 4.74 Å². The molecule has 0 saturated heterocycles. The highest BCUT2D eigenvalue weighted by Gasteiger charge is 2.09. The molecular formula is C17H16N2O. The second-order valence-electron chi connectivity index (χ2n) is 4.80. The number of hydrogen-bond donors (Lipinski definition) is 1. The highest BCUT2D eigenvalue weighted by atomic mass is 16.5. The van der Waals surface area contributed by atoms with Crippen molar-refractivity contribution in [2.45, 2.75) is 13.0 Å². The first kappa shape index (κ1) is 12.6. The molecule has 100 valence electrons. The van der Waals surface area contributed by atoms with Crippen molar-refractivity contribution in [2.75, 3.05) is 0 Å². The van der Waals surface area contributed by atoms with Gasteiger partial charge in [0.05, 0.1) is 0 Å². The molecule has 0 aliphatic rings. The van der Waals surface area contributed by atoms with Crippen molar-refractivity contribution in [1.82, 2.24) is 4.98 Å². The van der Waals surface area contributed by atoms with Crippen LogP contribution in [0.5, 0.6) is 11.6 Å². The molecule has 3 rings (SSSR count). The van der Waals surface area contributed by atoms with E-state index in [1.54, 1.807) is 6.20 Å². The molecule has 0 aliphatic heterocycles. The molecule has 2 N–H and O–H groups in total. The standard InChI is InChI=1S/C17H16N2O/c1-12(18)16-7-4-10-19-17(16)20-15-9-8-13-5-2-3-6-14(13)11-15/h2-12H,18H2,1H3/t12-/m1/s1. The molecule has 0 aliphatic carbocycles. The Morgan fingerprint density at radius 1 is 1.00 bits per heavy atom. The van der Waals surface area contributed by atoms with Crippen molar-refractivity contribution in [3.8, 4) is 11.6 Å². The third kappa shape index (κ3) is 2.49. The zero-order valence-electron chi connectivity index (χ0n) is 11.3. The van der Waals surface area contributed by atoms with E-state index >= 15 is 0 Å². The summed E-state index contributed by atoms with van der Waals surface area (Å²) < 4.78 is 5.89. The molecule has 3 aromatic rings. The minimum absolute atomic E-state index is 0.112. The number of hydrogen-bond acceptors (Lipinski definition) is 3. The Balaban J connectivity index is 1.97. The predicted molar refractivity (Wildman–Crippen MR) is 80.9 cm³/mol. The largest absolute Gasteiger partial charge is 0.439 e. The molecule has 0 spiro atoms. The molecule has 0 radical (unpaired) electrons. The summed E-state index contributed by atoms with van der Waals surface area (Å²) in [5.74, 6) is 1.34. The van der Waals surface area contributed by atoms with Gasteiger partial charge in [-0.15, -0.1) is 0 Å². The summed E-state index contributed by atoms with van der Waals surface area (Å²) in [4.78, 5) is 4.27. The van der Waals surface area contributed by atoms with Crippen LogP contribution in [-0.4, -0.2) is 4.98 Å². The number of rotatable bonds is 3. The fourth-order valence-corrected chi connectivity index (χ4v) is 2.18. The van der Waals surface area contributed by atoms with Crippen LogP contribution >= 0.6 is 0 Å². The molecule has 3 heteroatoms. The maximum atomic E-state index is 5.94. The summed E-state index contributed by atoms with van der Waals surface area (Å²) in [5.41, 5.74) is 6.84. The second kappa shape index (κ2) is 5.31. The van der Waals surface area contributed by atoms with E-state index in [1.807, 2.05) is 49.4 Å². The van der Waals surface area contributed by atoms with Gasteiger partial charge in [-0.2, -0.15) is 0 Å². The summed E-state index contributed by atoms with van der Waals surface area (Å²) in [6.45, 7) is 1.92. The quantitative estimate of drug-likeness (QED) is 0.776. The molecule has 1 aromatic heterocycles. The van der Waals surface area contributed by atoms with Crippen LogP contribution in [-0.2, 0) is 0 Å². The van der Waals surface area contributed by atoms with Crippen molar-refractivity contribution in [3.63, 3.8) is 0 Å². The Bertz CT molecular complexity index is 738. The number of ether oxygens (including phenoxy) is 1. The number of pyridine rings is 1. The van der Waals surface area contributed by atoms with Gasteiger partial charge in [-0.3, -0.25) is 0 Å². The van der Waals surface area contributed by atoms with Gasteiger partial charge in [0.25, 0.3) is 0 Å². The van der Waals surface area contributed by atoms with E-state index in [2.05, 4.69) is 17.1 Å². The van der Waals surface area contributed by atoms with Gasteiger partial charge in [0, 0.05) is 17.8 Å². The number of aromatic nitrogens is 1. The zero-order valence-corrected chi connectivity index (χ0v) is 11.3. The molecule has 0 saturated carbocycles. The molecular weight excluding hydrogens is 248 g/mol. The molecule has 0 amide bonds. The van der Waals surface area contributed by atoms with Gasteiger partial charge in [0.2, 0.25) is 5.88 Å². The highest BCUT2D eigenvalue weighted by Crippen LogP contribution is 2.28. The normalized spacial score (nSPS) is 12.3. The van der Waals surface area contributed by atoms with Crippen LogP contribution in [0.4, 0.5) is 0 Å². The van der Waals surface area contributed by atoms with Crippen molar-refractivity contribution >= 4 is 10.8 Å². The van der Waals surface area contributed by atoms with Gasteiger partial charge < -0.3 is 10.5 Å². The Morgan fingerprint density at radius 3 is 2.60 bits per heavy atom. The van der Waals surface area contributed by atoms with Gasteiger partial charge in [-0.25, -0.2) is 4.98 Å². The van der Waals surface area contributed by atoms with Gasteiger partial charge in [-0.05, 0) is 35.9 Å². The average Bonchev–Trinajstić information content (AvgIpc) is 2.47. The average molecular weight is 264 g/mol. The van der Waals surface area contributed by atoms with E-state index in [0.29, 0.717) is 5.88 Å². The van der Waals surface area contributed by atoms with Gasteiger partial charge in [0.15, 0.2) is 0 Å². The van der Waals surface area contributed by atoms with E-state index < -0.39 is 0 Å². The molecule has 1 atom stereocenters.